The van der Waals surface area contributed by atoms with E-state index in [1.54, 1.807) is 5.57 Å². The molecule has 22 heavy (non-hydrogen) atoms. The van der Waals surface area contributed by atoms with E-state index in [-0.39, 0.29) is 5.41 Å². The predicted octanol–water partition coefficient (Wildman–Crippen LogP) is 4.77. The highest BCUT2D eigenvalue weighted by molar-refractivity contribution is 5.87. The Bertz CT molecular complexity index is 574. The zero-order chi connectivity index (χ0) is 15.3. The molecule has 1 heteroatoms. The summed E-state index contributed by atoms with van der Waals surface area (Å²) in [7, 11) is 0. The number of hydrogen-bond donors (Lipinski definition) is 0. The Morgan fingerprint density at radius 2 is 2.09 bits per heavy atom. The molecule has 0 aromatic heterocycles. The molecule has 0 aromatic rings. The van der Waals surface area contributed by atoms with Gasteiger partial charge in [0, 0.05) is 17.8 Å². The second kappa shape index (κ2) is 5.26. The summed E-state index contributed by atoms with van der Waals surface area (Å²) >= 11 is 0. The summed E-state index contributed by atoms with van der Waals surface area (Å²) in [6.45, 7) is 4.24. The summed E-state index contributed by atoms with van der Waals surface area (Å²) in [4.78, 5) is 12.6. The predicted molar refractivity (Wildman–Crippen MR) is 89.0 cm³/mol. The first-order valence-electron chi connectivity index (χ1n) is 9.29. The van der Waals surface area contributed by atoms with Crippen molar-refractivity contribution in [1.29, 1.82) is 0 Å². The van der Waals surface area contributed by atoms with Gasteiger partial charge in [0.15, 0.2) is 0 Å². The molecule has 0 aromatic carbocycles. The van der Waals surface area contributed by atoms with Crippen molar-refractivity contribution in [3.05, 3.63) is 11.6 Å². The summed E-state index contributed by atoms with van der Waals surface area (Å²) in [5, 5.41) is 0. The number of ketones is 1. The molecule has 0 bridgehead atoms. The lowest BCUT2D eigenvalue weighted by Crippen LogP contribution is -2.50. The van der Waals surface area contributed by atoms with Gasteiger partial charge in [-0.1, -0.05) is 24.5 Å². The van der Waals surface area contributed by atoms with E-state index in [9.17, 15) is 4.79 Å². The normalized spacial score (nSPS) is 46.7. The van der Waals surface area contributed by atoms with Gasteiger partial charge in [-0.15, -0.1) is 5.92 Å². The number of allylic oxidation sites excluding steroid dienone is 2. The van der Waals surface area contributed by atoms with Crippen LogP contribution in [0.3, 0.4) is 0 Å². The fraction of sp³-hybridized carbons (Fsp3) is 0.762. The average molecular weight is 296 g/mol. The molecule has 0 saturated heterocycles. The fourth-order valence-electron chi connectivity index (χ4n) is 6.54. The smallest absolute Gasteiger partial charge is 0.139 e. The van der Waals surface area contributed by atoms with E-state index in [1.165, 1.54) is 32.1 Å². The van der Waals surface area contributed by atoms with Crippen molar-refractivity contribution in [3.63, 3.8) is 0 Å². The van der Waals surface area contributed by atoms with Crippen LogP contribution in [0.15, 0.2) is 11.6 Å². The molecule has 3 fully saturated rings. The Labute approximate surface area is 134 Å². The van der Waals surface area contributed by atoms with E-state index in [4.69, 9.17) is 0 Å². The first-order valence-corrected chi connectivity index (χ1v) is 9.29. The molecule has 4 aliphatic carbocycles. The SMILES string of the molecule is CC#C[C@H]1C[C@]2(C)C(=O)CC[C@H]2[C@@H]2CCC3=CCCC[C@@H]3[C@H]21. The topological polar surface area (TPSA) is 17.1 Å². The molecule has 118 valence electrons. The second-order valence-electron chi connectivity index (χ2n) is 8.29. The lowest BCUT2D eigenvalue weighted by molar-refractivity contribution is -0.132. The van der Waals surface area contributed by atoms with Gasteiger partial charge in [0.25, 0.3) is 0 Å². The summed E-state index contributed by atoms with van der Waals surface area (Å²) < 4.78 is 0. The van der Waals surface area contributed by atoms with Gasteiger partial charge in [0.05, 0.1) is 0 Å². The van der Waals surface area contributed by atoms with Crippen LogP contribution in [-0.4, -0.2) is 5.78 Å². The molecule has 0 spiro atoms. The molecule has 0 unspecified atom stereocenters. The van der Waals surface area contributed by atoms with Crippen molar-refractivity contribution in [3.8, 4) is 11.8 Å². The monoisotopic (exact) mass is 296 g/mol. The van der Waals surface area contributed by atoms with Gasteiger partial charge < -0.3 is 0 Å². The van der Waals surface area contributed by atoms with E-state index in [0.29, 0.717) is 17.6 Å². The molecule has 4 rings (SSSR count). The summed E-state index contributed by atoms with van der Waals surface area (Å²) in [6.07, 6.45) is 12.1. The quantitative estimate of drug-likeness (QED) is 0.465. The van der Waals surface area contributed by atoms with Gasteiger partial charge in [-0.3, -0.25) is 4.79 Å². The minimum atomic E-state index is -0.0639. The molecule has 3 saturated carbocycles. The van der Waals surface area contributed by atoms with Crippen molar-refractivity contribution in [2.45, 2.75) is 65.2 Å². The molecule has 0 aliphatic heterocycles. The summed E-state index contributed by atoms with van der Waals surface area (Å²) in [6, 6.07) is 0. The fourth-order valence-corrected chi connectivity index (χ4v) is 6.54. The minimum Gasteiger partial charge on any atom is -0.299 e. The Balaban J connectivity index is 1.75. The number of rotatable bonds is 0. The zero-order valence-corrected chi connectivity index (χ0v) is 14.0. The highest BCUT2D eigenvalue weighted by Gasteiger charge is 2.58. The van der Waals surface area contributed by atoms with E-state index >= 15 is 0 Å². The van der Waals surface area contributed by atoms with E-state index in [2.05, 4.69) is 24.8 Å². The van der Waals surface area contributed by atoms with Gasteiger partial charge in [0.1, 0.15) is 5.78 Å². The van der Waals surface area contributed by atoms with E-state index in [1.807, 2.05) is 6.92 Å². The highest BCUT2D eigenvalue weighted by atomic mass is 16.1. The third-order valence-corrected chi connectivity index (χ3v) is 7.42. The Morgan fingerprint density at radius 1 is 1.23 bits per heavy atom. The van der Waals surface area contributed by atoms with Crippen LogP contribution in [0.25, 0.3) is 0 Å². The van der Waals surface area contributed by atoms with E-state index in [0.717, 1.165) is 37.0 Å². The van der Waals surface area contributed by atoms with Crippen LogP contribution >= 0.6 is 0 Å². The summed E-state index contributed by atoms with van der Waals surface area (Å²) in [5.74, 6) is 10.6. The van der Waals surface area contributed by atoms with Gasteiger partial charge in [-0.25, -0.2) is 0 Å². The lowest BCUT2D eigenvalue weighted by atomic mass is 9.49. The van der Waals surface area contributed by atoms with Crippen LogP contribution in [0.5, 0.6) is 0 Å². The standard InChI is InChI=1S/C21H28O/c1-3-6-15-13-21(2)18(11-12-19(21)22)17-10-9-14-7-4-5-8-16(14)20(15)17/h7,15-18,20H,4-5,8-13H2,1-2H3/t15-,16-,17-,18-,20+,21-/m0/s1. The highest BCUT2D eigenvalue weighted by Crippen LogP contribution is 2.62. The molecule has 4 aliphatic rings. The maximum atomic E-state index is 12.6. The van der Waals surface area contributed by atoms with Gasteiger partial charge >= 0.3 is 0 Å². The number of fused-ring (bicyclic) bond motifs is 5. The molecule has 6 atom stereocenters. The van der Waals surface area contributed by atoms with Crippen LogP contribution in [0.2, 0.25) is 0 Å². The third-order valence-electron chi connectivity index (χ3n) is 7.42. The number of carbonyl (C=O) groups is 1. The molecule has 0 amide bonds. The molecule has 1 nitrogen and oxygen atoms in total. The molecular weight excluding hydrogens is 268 g/mol. The minimum absolute atomic E-state index is 0.0639. The van der Waals surface area contributed by atoms with Crippen LogP contribution in [-0.2, 0) is 4.79 Å². The molecular formula is C21H28O. The maximum Gasteiger partial charge on any atom is 0.139 e. The first kappa shape index (κ1) is 14.6. The van der Waals surface area contributed by atoms with Gasteiger partial charge in [-0.05, 0) is 75.5 Å². The lowest BCUT2D eigenvalue weighted by Gasteiger charge is -2.54. The number of Topliss-reactive ketones (excluding diaryl/α,β-unsaturated/α-hetero) is 1. The largest absolute Gasteiger partial charge is 0.299 e. The second-order valence-corrected chi connectivity index (χ2v) is 8.29. The van der Waals surface area contributed by atoms with Gasteiger partial charge in [-0.2, -0.15) is 0 Å². The molecule has 0 N–H and O–H groups in total. The van der Waals surface area contributed by atoms with Crippen LogP contribution < -0.4 is 0 Å². The average Bonchev–Trinajstić information content (AvgIpc) is 2.82. The summed E-state index contributed by atoms with van der Waals surface area (Å²) in [5.41, 5.74) is 1.68. The number of carbonyl (C=O) groups excluding carboxylic acids is 1. The Hall–Kier alpha value is -1.03. The van der Waals surface area contributed by atoms with E-state index < -0.39 is 0 Å². The maximum absolute atomic E-state index is 12.6. The van der Waals surface area contributed by atoms with Crippen LogP contribution in [0, 0.1) is 46.8 Å². The Kier molecular flexibility index (Phi) is 3.48. The van der Waals surface area contributed by atoms with Crippen molar-refractivity contribution in [1.82, 2.24) is 0 Å². The molecule has 0 heterocycles. The van der Waals surface area contributed by atoms with Crippen molar-refractivity contribution < 1.29 is 4.79 Å². The third kappa shape index (κ3) is 1.96. The van der Waals surface area contributed by atoms with Crippen molar-refractivity contribution in [2.75, 3.05) is 0 Å². The zero-order valence-electron chi connectivity index (χ0n) is 14.0. The first-order chi connectivity index (χ1) is 10.6. The molecule has 0 radical (unpaired) electrons. The van der Waals surface area contributed by atoms with Gasteiger partial charge in [0.2, 0.25) is 0 Å². The number of hydrogen-bond acceptors (Lipinski definition) is 1. The Morgan fingerprint density at radius 3 is 2.91 bits per heavy atom. The van der Waals surface area contributed by atoms with Crippen LogP contribution in [0.1, 0.15) is 65.2 Å². The van der Waals surface area contributed by atoms with Crippen molar-refractivity contribution >= 4 is 5.78 Å². The van der Waals surface area contributed by atoms with Crippen molar-refractivity contribution in [2.24, 2.45) is 35.0 Å². The van der Waals surface area contributed by atoms with Crippen LogP contribution in [0.4, 0.5) is 0 Å².